The minimum Gasteiger partial charge on any atom is -0.318 e. The fourth-order valence-corrected chi connectivity index (χ4v) is 4.36. The molecule has 0 bridgehead atoms. The first-order valence-electron chi connectivity index (χ1n) is 9.45. The third kappa shape index (κ3) is 5.48. The molecular weight excluding hydrogens is 437 g/mol. The summed E-state index contributed by atoms with van der Waals surface area (Å²) in [6.07, 6.45) is 1.67. The second-order valence-electron chi connectivity index (χ2n) is 6.97. The molecule has 4 nitrogen and oxygen atoms in total. The largest absolute Gasteiger partial charge is 0.318 e. The van der Waals surface area contributed by atoms with Gasteiger partial charge in [0.05, 0.1) is 22.0 Å². The molecule has 1 aromatic heterocycles. The highest BCUT2D eigenvalue weighted by molar-refractivity contribution is 7.99. The fourth-order valence-electron chi connectivity index (χ4n) is 3.17. The van der Waals surface area contributed by atoms with Crippen molar-refractivity contribution in [1.82, 2.24) is 9.99 Å². The molecule has 3 aromatic rings. The van der Waals surface area contributed by atoms with E-state index in [1.165, 1.54) is 11.1 Å². The third-order valence-electron chi connectivity index (χ3n) is 4.78. The van der Waals surface area contributed by atoms with Gasteiger partial charge in [-0.1, -0.05) is 47.5 Å². The molecule has 0 saturated heterocycles. The van der Waals surface area contributed by atoms with Crippen molar-refractivity contribution in [2.75, 3.05) is 5.75 Å². The van der Waals surface area contributed by atoms with Gasteiger partial charge < -0.3 is 4.57 Å². The Kier molecular flexibility index (Phi) is 7.64. The SMILES string of the molecule is Cc1ccccc1CSCC(=O)NN=Cc1cc(C)n(-c2ccc(Cl)c(Cl)c2)c1C. The van der Waals surface area contributed by atoms with E-state index in [2.05, 4.69) is 34.2 Å². The first kappa shape index (κ1) is 22.5. The number of nitrogens with one attached hydrogen (secondary N) is 1. The second-order valence-corrected chi connectivity index (χ2v) is 8.77. The maximum Gasteiger partial charge on any atom is 0.250 e. The van der Waals surface area contributed by atoms with Gasteiger partial charge in [0.1, 0.15) is 0 Å². The number of nitrogens with zero attached hydrogens (tertiary/aromatic N) is 2. The number of rotatable bonds is 7. The van der Waals surface area contributed by atoms with E-state index >= 15 is 0 Å². The van der Waals surface area contributed by atoms with E-state index in [0.717, 1.165) is 28.4 Å². The molecule has 0 spiro atoms. The predicted octanol–water partition coefficient (Wildman–Crippen LogP) is 6.09. The van der Waals surface area contributed by atoms with Crippen LogP contribution >= 0.6 is 35.0 Å². The molecule has 0 aliphatic heterocycles. The second kappa shape index (κ2) is 10.2. The van der Waals surface area contributed by atoms with Gasteiger partial charge in [-0.15, -0.1) is 11.8 Å². The summed E-state index contributed by atoms with van der Waals surface area (Å²) in [7, 11) is 0. The lowest BCUT2D eigenvalue weighted by Gasteiger charge is -2.10. The number of halogens is 2. The van der Waals surface area contributed by atoms with E-state index in [1.807, 2.05) is 44.2 Å². The van der Waals surface area contributed by atoms with E-state index in [0.29, 0.717) is 15.8 Å². The Bertz CT molecular complexity index is 1090. The zero-order valence-electron chi connectivity index (χ0n) is 17.1. The molecule has 3 rings (SSSR count). The highest BCUT2D eigenvalue weighted by atomic mass is 35.5. The Morgan fingerprint density at radius 3 is 2.60 bits per heavy atom. The zero-order valence-corrected chi connectivity index (χ0v) is 19.4. The Morgan fingerprint density at radius 2 is 1.87 bits per heavy atom. The number of benzene rings is 2. The first-order valence-corrected chi connectivity index (χ1v) is 11.4. The number of amides is 1. The van der Waals surface area contributed by atoms with Crippen LogP contribution in [0.25, 0.3) is 5.69 Å². The molecule has 0 aliphatic carbocycles. The van der Waals surface area contributed by atoms with Crippen molar-refractivity contribution in [3.8, 4) is 5.69 Å². The topological polar surface area (TPSA) is 46.4 Å². The molecule has 0 radical (unpaired) electrons. The molecule has 156 valence electrons. The average molecular weight is 460 g/mol. The number of thioether (sulfide) groups is 1. The fraction of sp³-hybridized carbons (Fsp3) is 0.217. The van der Waals surface area contributed by atoms with Gasteiger partial charge in [0.25, 0.3) is 0 Å². The summed E-state index contributed by atoms with van der Waals surface area (Å²) in [6.45, 7) is 6.08. The summed E-state index contributed by atoms with van der Waals surface area (Å²) in [5.74, 6) is 1.03. The molecule has 0 aliphatic rings. The van der Waals surface area contributed by atoms with E-state index in [9.17, 15) is 4.79 Å². The van der Waals surface area contributed by atoms with Gasteiger partial charge in [0.15, 0.2) is 0 Å². The molecule has 0 unspecified atom stereocenters. The zero-order chi connectivity index (χ0) is 21.7. The van der Waals surface area contributed by atoms with Crippen LogP contribution in [-0.4, -0.2) is 22.4 Å². The van der Waals surface area contributed by atoms with E-state index < -0.39 is 0 Å². The molecule has 1 N–H and O–H groups in total. The summed E-state index contributed by atoms with van der Waals surface area (Å²) in [4.78, 5) is 12.1. The summed E-state index contributed by atoms with van der Waals surface area (Å²) in [6, 6.07) is 15.7. The number of aromatic nitrogens is 1. The molecule has 0 saturated carbocycles. The van der Waals surface area contributed by atoms with Crippen LogP contribution in [0.4, 0.5) is 0 Å². The molecular formula is C23H23Cl2N3OS. The van der Waals surface area contributed by atoms with Crippen molar-refractivity contribution in [3.05, 3.63) is 86.7 Å². The number of hydrazone groups is 1. The third-order valence-corrected chi connectivity index (χ3v) is 6.50. The van der Waals surface area contributed by atoms with Crippen LogP contribution in [0.5, 0.6) is 0 Å². The number of carbonyl (C=O) groups is 1. The normalized spacial score (nSPS) is 11.2. The first-order chi connectivity index (χ1) is 14.4. The lowest BCUT2D eigenvalue weighted by molar-refractivity contribution is -0.118. The standard InChI is InChI=1S/C23H23Cl2N3OS/c1-15-6-4-5-7-18(15)13-30-14-23(29)27-26-12-19-10-16(2)28(17(19)3)20-8-9-21(24)22(25)11-20/h4-12H,13-14H2,1-3H3,(H,27,29). The Balaban J connectivity index is 1.59. The van der Waals surface area contributed by atoms with Crippen molar-refractivity contribution in [2.24, 2.45) is 5.10 Å². The summed E-state index contributed by atoms with van der Waals surface area (Å²) in [5.41, 5.74) is 8.97. The van der Waals surface area contributed by atoms with Gasteiger partial charge >= 0.3 is 0 Å². The number of hydrogen-bond acceptors (Lipinski definition) is 3. The molecule has 0 fully saturated rings. The summed E-state index contributed by atoms with van der Waals surface area (Å²) >= 11 is 13.8. The van der Waals surface area contributed by atoms with Gasteiger partial charge in [-0.2, -0.15) is 5.10 Å². The monoisotopic (exact) mass is 459 g/mol. The lowest BCUT2D eigenvalue weighted by Crippen LogP contribution is -2.19. The van der Waals surface area contributed by atoms with Crippen LogP contribution in [0.1, 0.15) is 28.1 Å². The highest BCUT2D eigenvalue weighted by Crippen LogP contribution is 2.27. The van der Waals surface area contributed by atoms with Gasteiger partial charge in [0, 0.05) is 28.4 Å². The van der Waals surface area contributed by atoms with Crippen LogP contribution in [0, 0.1) is 20.8 Å². The quantitative estimate of drug-likeness (QED) is 0.343. The number of carbonyl (C=O) groups excluding carboxylic acids is 1. The number of hydrogen-bond donors (Lipinski definition) is 1. The maximum atomic E-state index is 12.1. The minimum atomic E-state index is -0.122. The van der Waals surface area contributed by atoms with Crippen LogP contribution in [0.2, 0.25) is 10.0 Å². The van der Waals surface area contributed by atoms with Gasteiger partial charge in [-0.25, -0.2) is 5.43 Å². The van der Waals surface area contributed by atoms with E-state index in [-0.39, 0.29) is 5.91 Å². The Morgan fingerprint density at radius 1 is 1.10 bits per heavy atom. The molecule has 1 amide bonds. The summed E-state index contributed by atoms with van der Waals surface area (Å²) < 4.78 is 2.07. The van der Waals surface area contributed by atoms with Crippen molar-refractivity contribution in [3.63, 3.8) is 0 Å². The molecule has 1 heterocycles. The number of aryl methyl sites for hydroxylation is 2. The van der Waals surface area contributed by atoms with Crippen LogP contribution in [0.15, 0.2) is 53.6 Å². The van der Waals surface area contributed by atoms with E-state index in [1.54, 1.807) is 24.0 Å². The minimum absolute atomic E-state index is 0.122. The van der Waals surface area contributed by atoms with Crippen molar-refractivity contribution in [1.29, 1.82) is 0 Å². The molecule has 2 aromatic carbocycles. The van der Waals surface area contributed by atoms with Gasteiger partial charge in [-0.05, 0) is 56.2 Å². The van der Waals surface area contributed by atoms with Crippen molar-refractivity contribution in [2.45, 2.75) is 26.5 Å². The Hall–Kier alpha value is -2.21. The predicted molar refractivity (Wildman–Crippen MR) is 128 cm³/mol. The molecule has 0 atom stereocenters. The van der Waals surface area contributed by atoms with E-state index in [4.69, 9.17) is 23.2 Å². The van der Waals surface area contributed by atoms with Gasteiger partial charge in [0.2, 0.25) is 5.91 Å². The van der Waals surface area contributed by atoms with Crippen LogP contribution in [0.3, 0.4) is 0 Å². The Labute approximate surface area is 191 Å². The lowest BCUT2D eigenvalue weighted by atomic mass is 10.1. The van der Waals surface area contributed by atoms with Crippen molar-refractivity contribution >= 4 is 47.1 Å². The van der Waals surface area contributed by atoms with Gasteiger partial charge in [-0.3, -0.25) is 4.79 Å². The van der Waals surface area contributed by atoms with Crippen molar-refractivity contribution < 1.29 is 4.79 Å². The summed E-state index contributed by atoms with van der Waals surface area (Å²) in [5, 5.41) is 5.15. The molecule has 7 heteroatoms. The average Bonchev–Trinajstić information content (AvgIpc) is 2.99. The molecule has 30 heavy (non-hydrogen) atoms. The highest BCUT2D eigenvalue weighted by Gasteiger charge is 2.11. The van der Waals surface area contributed by atoms with Crippen LogP contribution in [-0.2, 0) is 10.5 Å². The van der Waals surface area contributed by atoms with Crippen LogP contribution < -0.4 is 5.43 Å². The maximum absolute atomic E-state index is 12.1. The smallest absolute Gasteiger partial charge is 0.250 e.